The Morgan fingerprint density at radius 1 is 1.09 bits per heavy atom. The highest BCUT2D eigenvalue weighted by Crippen LogP contribution is 2.24. The van der Waals surface area contributed by atoms with Gasteiger partial charge in [-0.25, -0.2) is 9.97 Å². The molecule has 0 saturated carbocycles. The first kappa shape index (κ1) is 24.7. The molecule has 4 rings (SSSR count). The Kier molecular flexibility index (Phi) is 9.49. The van der Waals surface area contributed by atoms with Gasteiger partial charge in [0.1, 0.15) is 6.10 Å². The summed E-state index contributed by atoms with van der Waals surface area (Å²) in [6.07, 6.45) is 3.70. The van der Waals surface area contributed by atoms with Crippen molar-refractivity contribution >= 4 is 35.9 Å². The largest absolute Gasteiger partial charge is 0.370 e. The summed E-state index contributed by atoms with van der Waals surface area (Å²) < 4.78 is 6.07. The highest BCUT2D eigenvalue weighted by atomic mass is 127. The lowest BCUT2D eigenvalue weighted by molar-refractivity contribution is -0.00833. The zero-order valence-corrected chi connectivity index (χ0v) is 21.3. The van der Waals surface area contributed by atoms with Crippen LogP contribution in [0.1, 0.15) is 17.2 Å². The van der Waals surface area contributed by atoms with E-state index in [2.05, 4.69) is 66.2 Å². The monoisotopic (exact) mass is 551 g/mol. The maximum Gasteiger partial charge on any atom is 0.225 e. The van der Waals surface area contributed by atoms with Crippen molar-refractivity contribution in [3.8, 4) is 0 Å². The van der Waals surface area contributed by atoms with Crippen LogP contribution in [0.25, 0.3) is 0 Å². The first-order valence-electron chi connectivity index (χ1n) is 11.1. The number of guanidine groups is 1. The minimum Gasteiger partial charge on any atom is -0.370 e. The number of piperazine rings is 1. The van der Waals surface area contributed by atoms with Crippen molar-refractivity contribution in [2.75, 3.05) is 70.9 Å². The third-order valence-electron chi connectivity index (χ3n) is 6.03. The number of nitrogens with zero attached hydrogens (tertiary/aromatic N) is 6. The number of nitrogens with one attached hydrogen (secondary N) is 1. The highest BCUT2D eigenvalue weighted by molar-refractivity contribution is 14.0. The van der Waals surface area contributed by atoms with Crippen molar-refractivity contribution in [1.29, 1.82) is 0 Å². The standard InChI is InChI=1S/C23H33N7O.HI/c1-19-6-3-4-7-20(19)21-18-30(16-17-31-21)22(24-2)27-10-11-28-12-14-29(15-13-28)23-25-8-5-9-26-23;/h3-9,21H,10-18H2,1-2H3,(H,24,27);1H. The first-order valence-corrected chi connectivity index (χ1v) is 11.1. The third-order valence-corrected chi connectivity index (χ3v) is 6.03. The van der Waals surface area contributed by atoms with Crippen LogP contribution in [0.3, 0.4) is 0 Å². The second-order valence-electron chi connectivity index (χ2n) is 8.01. The fourth-order valence-corrected chi connectivity index (χ4v) is 4.26. The van der Waals surface area contributed by atoms with Crippen LogP contribution in [-0.4, -0.2) is 91.7 Å². The molecule has 0 spiro atoms. The van der Waals surface area contributed by atoms with E-state index < -0.39 is 0 Å². The van der Waals surface area contributed by atoms with Gasteiger partial charge in [-0.15, -0.1) is 24.0 Å². The van der Waals surface area contributed by atoms with Gasteiger partial charge >= 0.3 is 0 Å². The lowest BCUT2D eigenvalue weighted by Crippen LogP contribution is -2.51. The Balaban J connectivity index is 0.00000289. The number of anilines is 1. The van der Waals surface area contributed by atoms with Gasteiger partial charge in [0.2, 0.25) is 5.95 Å². The number of rotatable bonds is 5. The Morgan fingerprint density at radius 2 is 1.84 bits per heavy atom. The number of aryl methyl sites for hydroxylation is 1. The molecule has 0 amide bonds. The zero-order valence-electron chi connectivity index (χ0n) is 19.0. The number of hydrogen-bond acceptors (Lipinski definition) is 6. The topological polar surface area (TPSA) is 69.1 Å². The second kappa shape index (κ2) is 12.3. The van der Waals surface area contributed by atoms with E-state index in [0.29, 0.717) is 6.61 Å². The molecule has 0 radical (unpaired) electrons. The van der Waals surface area contributed by atoms with Crippen molar-refractivity contribution in [3.05, 3.63) is 53.9 Å². The maximum atomic E-state index is 6.07. The number of halogens is 1. The molecule has 8 nitrogen and oxygen atoms in total. The molecule has 2 saturated heterocycles. The van der Waals surface area contributed by atoms with Gasteiger partial charge in [0, 0.05) is 65.3 Å². The average molecular weight is 551 g/mol. The molecule has 1 atom stereocenters. The quantitative estimate of drug-likeness (QED) is 0.347. The minimum atomic E-state index is 0. The summed E-state index contributed by atoms with van der Waals surface area (Å²) in [6.45, 7) is 10.4. The molecule has 1 N–H and O–H groups in total. The van der Waals surface area contributed by atoms with Crippen LogP contribution in [0.2, 0.25) is 0 Å². The van der Waals surface area contributed by atoms with Gasteiger partial charge in [0.15, 0.2) is 5.96 Å². The fourth-order valence-electron chi connectivity index (χ4n) is 4.26. The number of ether oxygens (including phenoxy) is 1. The van der Waals surface area contributed by atoms with Crippen molar-refractivity contribution < 1.29 is 4.74 Å². The van der Waals surface area contributed by atoms with Gasteiger partial charge in [0.05, 0.1) is 13.2 Å². The molecular formula is C23H34IN7O. The molecular weight excluding hydrogens is 517 g/mol. The molecule has 0 bridgehead atoms. The number of aliphatic imine (C=N–C) groups is 1. The first-order chi connectivity index (χ1) is 15.2. The summed E-state index contributed by atoms with van der Waals surface area (Å²) in [6, 6.07) is 10.3. The normalized spacial score (nSPS) is 20.1. The molecule has 2 aliphatic rings. The summed E-state index contributed by atoms with van der Waals surface area (Å²) in [7, 11) is 1.86. The van der Waals surface area contributed by atoms with Crippen LogP contribution < -0.4 is 10.2 Å². The van der Waals surface area contributed by atoms with Gasteiger partial charge < -0.3 is 19.9 Å². The second-order valence-corrected chi connectivity index (χ2v) is 8.01. The minimum absolute atomic E-state index is 0. The molecule has 174 valence electrons. The third kappa shape index (κ3) is 6.29. The molecule has 3 heterocycles. The fraction of sp³-hybridized carbons (Fsp3) is 0.522. The predicted molar refractivity (Wildman–Crippen MR) is 139 cm³/mol. The van der Waals surface area contributed by atoms with E-state index in [1.54, 1.807) is 12.4 Å². The number of morpholine rings is 1. The van der Waals surface area contributed by atoms with Crippen molar-refractivity contribution in [2.24, 2.45) is 4.99 Å². The average Bonchev–Trinajstić information content (AvgIpc) is 2.83. The summed E-state index contributed by atoms with van der Waals surface area (Å²) >= 11 is 0. The Morgan fingerprint density at radius 3 is 2.56 bits per heavy atom. The summed E-state index contributed by atoms with van der Waals surface area (Å²) in [5, 5.41) is 3.56. The van der Waals surface area contributed by atoms with E-state index >= 15 is 0 Å². The number of benzene rings is 1. The summed E-state index contributed by atoms with van der Waals surface area (Å²) in [5.41, 5.74) is 2.54. The lowest BCUT2D eigenvalue weighted by atomic mass is 10.0. The Hall–Kier alpha value is -1.98. The van der Waals surface area contributed by atoms with E-state index in [4.69, 9.17) is 4.74 Å². The van der Waals surface area contributed by atoms with Gasteiger partial charge in [-0.05, 0) is 24.1 Å². The summed E-state index contributed by atoms with van der Waals surface area (Å²) in [4.78, 5) is 20.3. The SMILES string of the molecule is CN=C(NCCN1CCN(c2ncccn2)CC1)N1CCOC(c2ccccc2C)C1.I. The maximum absolute atomic E-state index is 6.07. The molecule has 0 aliphatic carbocycles. The Labute approximate surface area is 208 Å². The summed E-state index contributed by atoms with van der Waals surface area (Å²) in [5.74, 6) is 1.79. The van der Waals surface area contributed by atoms with Crippen LogP contribution >= 0.6 is 24.0 Å². The molecule has 1 unspecified atom stereocenters. The molecule has 2 aromatic rings. The van der Waals surface area contributed by atoms with Crippen LogP contribution in [0.5, 0.6) is 0 Å². The predicted octanol–water partition coefficient (Wildman–Crippen LogP) is 2.17. The Bertz CT molecular complexity index is 858. The number of aromatic nitrogens is 2. The van der Waals surface area contributed by atoms with E-state index in [0.717, 1.165) is 64.3 Å². The molecule has 32 heavy (non-hydrogen) atoms. The van der Waals surface area contributed by atoms with Crippen LogP contribution in [-0.2, 0) is 4.74 Å². The molecule has 1 aromatic carbocycles. The number of hydrogen-bond donors (Lipinski definition) is 1. The molecule has 1 aromatic heterocycles. The van der Waals surface area contributed by atoms with Crippen molar-refractivity contribution in [2.45, 2.75) is 13.0 Å². The molecule has 2 aliphatic heterocycles. The highest BCUT2D eigenvalue weighted by Gasteiger charge is 2.25. The zero-order chi connectivity index (χ0) is 21.5. The van der Waals surface area contributed by atoms with Gasteiger partial charge in [-0.3, -0.25) is 9.89 Å². The molecule has 9 heteroatoms. The molecule has 2 fully saturated rings. The van der Waals surface area contributed by atoms with E-state index in [9.17, 15) is 0 Å². The van der Waals surface area contributed by atoms with E-state index in [1.165, 1.54) is 11.1 Å². The van der Waals surface area contributed by atoms with E-state index in [-0.39, 0.29) is 30.1 Å². The van der Waals surface area contributed by atoms with Crippen molar-refractivity contribution in [1.82, 2.24) is 25.1 Å². The van der Waals surface area contributed by atoms with Gasteiger partial charge in [-0.1, -0.05) is 24.3 Å². The van der Waals surface area contributed by atoms with Crippen LogP contribution in [0.15, 0.2) is 47.7 Å². The van der Waals surface area contributed by atoms with Gasteiger partial charge in [-0.2, -0.15) is 0 Å². The van der Waals surface area contributed by atoms with Crippen LogP contribution in [0, 0.1) is 6.92 Å². The smallest absolute Gasteiger partial charge is 0.225 e. The van der Waals surface area contributed by atoms with Gasteiger partial charge in [0.25, 0.3) is 0 Å². The lowest BCUT2D eigenvalue weighted by Gasteiger charge is -2.37. The van der Waals surface area contributed by atoms with Crippen molar-refractivity contribution in [3.63, 3.8) is 0 Å². The van der Waals surface area contributed by atoms with Crippen LogP contribution in [0.4, 0.5) is 5.95 Å². The van der Waals surface area contributed by atoms with E-state index in [1.807, 2.05) is 13.1 Å².